The van der Waals surface area contributed by atoms with Crippen LogP contribution in [-0.2, 0) is 0 Å². The molecule has 3 aromatic carbocycles. The molecule has 1 saturated heterocycles. The second-order valence-corrected chi connectivity index (χ2v) is 8.69. The number of halogens is 1. The number of hydrogen-bond acceptors (Lipinski definition) is 3. The van der Waals surface area contributed by atoms with Gasteiger partial charge in [-0.15, -0.1) is 0 Å². The highest BCUT2D eigenvalue weighted by Crippen LogP contribution is 2.29. The summed E-state index contributed by atoms with van der Waals surface area (Å²) in [5.41, 5.74) is 3.20. The Hall–Kier alpha value is -2.34. The third-order valence-electron chi connectivity index (χ3n) is 5.50. The van der Waals surface area contributed by atoms with Crippen molar-refractivity contribution < 1.29 is 4.79 Å². The molecule has 0 bridgehead atoms. The van der Waals surface area contributed by atoms with Crippen molar-refractivity contribution in [3.05, 3.63) is 106 Å². The number of hydrogen-bond donors (Lipinski definition) is 0. The summed E-state index contributed by atoms with van der Waals surface area (Å²) < 4.78 is 0.950. The zero-order valence-electron chi connectivity index (χ0n) is 16.6. The number of nitrogens with zero attached hydrogens (tertiary/aromatic N) is 2. The molecule has 4 rings (SSSR count). The molecule has 3 nitrogen and oxygen atoms in total. The zero-order valence-corrected chi connectivity index (χ0v) is 19.0. The van der Waals surface area contributed by atoms with Crippen molar-refractivity contribution in [2.45, 2.75) is 6.04 Å². The third kappa shape index (κ3) is 4.69. The lowest BCUT2D eigenvalue weighted by Crippen LogP contribution is -2.51. The highest BCUT2D eigenvalue weighted by Gasteiger charge is 2.29. The molecule has 1 heterocycles. The molecule has 0 aliphatic carbocycles. The quantitative estimate of drug-likeness (QED) is 0.363. The summed E-state index contributed by atoms with van der Waals surface area (Å²) in [5, 5.41) is 0. The van der Waals surface area contributed by atoms with Crippen molar-refractivity contribution in [2.24, 2.45) is 0 Å². The molecule has 0 spiro atoms. The Morgan fingerprint density at radius 3 is 1.77 bits per heavy atom. The van der Waals surface area contributed by atoms with Gasteiger partial charge in [0.15, 0.2) is 4.99 Å². The fourth-order valence-corrected chi connectivity index (χ4v) is 4.50. The molecular formula is C25H23BrN2OS. The molecule has 3 aromatic rings. The van der Waals surface area contributed by atoms with Gasteiger partial charge in [-0.2, -0.15) is 0 Å². The number of carbonyl (C=O) groups is 1. The molecule has 5 heteroatoms. The number of carbonyl (C=O) groups excluding carboxylic acids is 1. The fourth-order valence-electron chi connectivity index (χ4n) is 3.94. The molecule has 0 unspecified atom stereocenters. The topological polar surface area (TPSA) is 23.6 Å². The predicted molar refractivity (Wildman–Crippen MR) is 129 cm³/mol. The summed E-state index contributed by atoms with van der Waals surface area (Å²) in [4.78, 5) is 17.7. The van der Waals surface area contributed by atoms with Crippen molar-refractivity contribution >= 4 is 38.9 Å². The van der Waals surface area contributed by atoms with Crippen molar-refractivity contribution in [1.29, 1.82) is 0 Å². The van der Waals surface area contributed by atoms with E-state index < -0.39 is 0 Å². The summed E-state index contributed by atoms with van der Waals surface area (Å²) in [7, 11) is 0. The first-order valence-electron chi connectivity index (χ1n) is 10.1. The molecule has 152 valence electrons. The molecule has 0 atom stereocenters. The van der Waals surface area contributed by atoms with E-state index in [0.29, 0.717) is 10.6 Å². The van der Waals surface area contributed by atoms with E-state index in [-0.39, 0.29) is 11.8 Å². The van der Waals surface area contributed by atoms with Gasteiger partial charge in [0.1, 0.15) is 0 Å². The van der Waals surface area contributed by atoms with Crippen LogP contribution in [0.2, 0.25) is 0 Å². The van der Waals surface area contributed by atoms with Crippen LogP contribution in [-0.4, -0.2) is 46.8 Å². The fraction of sp³-hybridized carbons (Fsp3) is 0.200. The van der Waals surface area contributed by atoms with E-state index in [9.17, 15) is 4.79 Å². The van der Waals surface area contributed by atoms with E-state index >= 15 is 0 Å². The van der Waals surface area contributed by atoms with Crippen molar-refractivity contribution in [3.8, 4) is 0 Å². The van der Waals surface area contributed by atoms with Crippen molar-refractivity contribution in [3.63, 3.8) is 0 Å². The number of ketones is 1. The lowest BCUT2D eigenvalue weighted by atomic mass is 9.96. The standard InChI is InChI=1S/C25H23BrN2OS/c26-22-13-11-21(12-14-22)24(29)25(30)28-17-15-27(16-18-28)23(19-7-3-1-4-8-19)20-9-5-2-6-10-20/h1-14,23H,15-18H2. The van der Waals surface area contributed by atoms with E-state index in [1.165, 1.54) is 11.1 Å². The van der Waals surface area contributed by atoms with Gasteiger partial charge < -0.3 is 4.90 Å². The molecule has 0 amide bonds. The molecule has 0 N–H and O–H groups in total. The van der Waals surface area contributed by atoms with Crippen LogP contribution in [0.25, 0.3) is 0 Å². The van der Waals surface area contributed by atoms with Crippen LogP contribution in [0, 0.1) is 0 Å². The predicted octanol–water partition coefficient (Wildman–Crippen LogP) is 5.37. The van der Waals surface area contributed by atoms with E-state index in [4.69, 9.17) is 12.2 Å². The van der Waals surface area contributed by atoms with E-state index in [1.54, 1.807) is 0 Å². The first-order valence-corrected chi connectivity index (χ1v) is 11.3. The van der Waals surface area contributed by atoms with E-state index in [1.807, 2.05) is 29.2 Å². The number of rotatable bonds is 5. The Morgan fingerprint density at radius 1 is 0.767 bits per heavy atom. The van der Waals surface area contributed by atoms with E-state index in [2.05, 4.69) is 81.5 Å². The highest BCUT2D eigenvalue weighted by molar-refractivity contribution is 9.10. The van der Waals surface area contributed by atoms with Gasteiger partial charge >= 0.3 is 0 Å². The van der Waals surface area contributed by atoms with Crippen LogP contribution < -0.4 is 0 Å². The smallest absolute Gasteiger partial charge is 0.220 e. The number of Topliss-reactive ketones (excluding diaryl/α,β-unsaturated/α-hetero) is 1. The normalized spacial score (nSPS) is 14.7. The summed E-state index contributed by atoms with van der Waals surface area (Å²) >= 11 is 8.96. The summed E-state index contributed by atoms with van der Waals surface area (Å²) in [6.45, 7) is 3.19. The maximum atomic E-state index is 12.8. The van der Waals surface area contributed by atoms with Crippen LogP contribution in [0.5, 0.6) is 0 Å². The van der Waals surface area contributed by atoms with Gasteiger partial charge in [0.25, 0.3) is 0 Å². The van der Waals surface area contributed by atoms with Crippen LogP contribution in [0.15, 0.2) is 89.4 Å². The second kappa shape index (κ2) is 9.65. The molecule has 0 radical (unpaired) electrons. The zero-order chi connectivity index (χ0) is 20.9. The highest BCUT2D eigenvalue weighted by atomic mass is 79.9. The number of piperazine rings is 1. The Kier molecular flexibility index (Phi) is 6.72. The average Bonchev–Trinajstić information content (AvgIpc) is 2.81. The molecule has 30 heavy (non-hydrogen) atoms. The number of thiocarbonyl (C=S) groups is 1. The first-order chi connectivity index (χ1) is 14.6. The van der Waals surface area contributed by atoms with Gasteiger partial charge in [-0.3, -0.25) is 9.69 Å². The van der Waals surface area contributed by atoms with Gasteiger partial charge in [0.05, 0.1) is 6.04 Å². The summed E-state index contributed by atoms with van der Waals surface area (Å²) in [5.74, 6) is -0.0754. The Bertz CT molecular complexity index is 961. The van der Waals surface area contributed by atoms with Crippen molar-refractivity contribution in [2.75, 3.05) is 26.2 Å². The van der Waals surface area contributed by atoms with Gasteiger partial charge in [-0.25, -0.2) is 0 Å². The Labute approximate surface area is 191 Å². The van der Waals surface area contributed by atoms with E-state index in [0.717, 1.165) is 30.7 Å². The SMILES string of the molecule is O=C(C(=S)N1CCN(C(c2ccccc2)c2ccccc2)CC1)c1ccc(Br)cc1. The van der Waals surface area contributed by atoms with Crippen LogP contribution in [0.3, 0.4) is 0 Å². The molecule has 1 fully saturated rings. The largest absolute Gasteiger partial charge is 0.357 e. The lowest BCUT2D eigenvalue weighted by Gasteiger charge is -2.40. The molecular weight excluding hydrogens is 456 g/mol. The van der Waals surface area contributed by atoms with Crippen molar-refractivity contribution in [1.82, 2.24) is 9.80 Å². The van der Waals surface area contributed by atoms with Gasteiger partial charge in [0.2, 0.25) is 5.78 Å². The maximum Gasteiger partial charge on any atom is 0.220 e. The molecule has 1 aliphatic heterocycles. The summed E-state index contributed by atoms with van der Waals surface area (Å²) in [6, 6.07) is 28.8. The first kappa shape index (κ1) is 20.9. The monoisotopic (exact) mass is 478 g/mol. The number of benzene rings is 3. The van der Waals surface area contributed by atoms with Crippen LogP contribution >= 0.6 is 28.1 Å². The average molecular weight is 479 g/mol. The van der Waals surface area contributed by atoms with Gasteiger partial charge in [0, 0.05) is 36.2 Å². The van der Waals surface area contributed by atoms with Gasteiger partial charge in [-0.1, -0.05) is 88.8 Å². The molecule has 0 aromatic heterocycles. The lowest BCUT2D eigenvalue weighted by molar-refractivity contribution is 0.103. The second-order valence-electron chi connectivity index (χ2n) is 7.39. The minimum absolute atomic E-state index is 0.0754. The van der Waals surface area contributed by atoms with Crippen LogP contribution in [0.4, 0.5) is 0 Å². The third-order valence-corrected chi connectivity index (χ3v) is 6.47. The molecule has 0 saturated carbocycles. The minimum atomic E-state index is -0.0754. The Balaban J connectivity index is 1.47. The van der Waals surface area contributed by atoms with Crippen LogP contribution in [0.1, 0.15) is 27.5 Å². The maximum absolute atomic E-state index is 12.8. The minimum Gasteiger partial charge on any atom is -0.357 e. The molecule has 1 aliphatic rings. The summed E-state index contributed by atoms with van der Waals surface area (Å²) in [6.07, 6.45) is 0. The Morgan fingerprint density at radius 2 is 1.27 bits per heavy atom. The van der Waals surface area contributed by atoms with Gasteiger partial charge in [-0.05, 0) is 35.4 Å².